The molecule has 7 rings (SSSR count). The quantitative estimate of drug-likeness (QED) is 0.349. The van der Waals surface area contributed by atoms with Gasteiger partial charge in [-0.2, -0.15) is 10.1 Å². The molecule has 10 heteroatoms. The van der Waals surface area contributed by atoms with Crippen molar-refractivity contribution >= 4 is 45.3 Å². The number of para-hydroxylation sites is 1. The zero-order chi connectivity index (χ0) is 27.5. The topological polar surface area (TPSA) is 79.5 Å². The number of carbonyl (C=O) groups is 1. The fourth-order valence-electron chi connectivity index (χ4n) is 6.50. The summed E-state index contributed by atoms with van der Waals surface area (Å²) in [4.78, 5) is 38.4. The zero-order valence-corrected chi connectivity index (χ0v) is 23.8. The van der Waals surface area contributed by atoms with Gasteiger partial charge in [0, 0.05) is 72.3 Å². The number of likely N-dealkylation sites (tertiary alicyclic amines) is 1. The van der Waals surface area contributed by atoms with Crippen LogP contribution in [0.3, 0.4) is 0 Å². The molecular weight excluding hydrogens is 522 g/mol. The van der Waals surface area contributed by atoms with Gasteiger partial charge in [0.15, 0.2) is 0 Å². The Morgan fingerprint density at radius 1 is 1.15 bits per heavy atom. The highest BCUT2D eigenvalue weighted by Gasteiger charge is 2.33. The van der Waals surface area contributed by atoms with E-state index in [9.17, 15) is 9.59 Å². The van der Waals surface area contributed by atoms with E-state index in [1.807, 2.05) is 34.3 Å². The van der Waals surface area contributed by atoms with Crippen LogP contribution in [-0.2, 0) is 11.8 Å². The summed E-state index contributed by atoms with van der Waals surface area (Å²) >= 11 is 1.86. The first-order chi connectivity index (χ1) is 19.4. The summed E-state index contributed by atoms with van der Waals surface area (Å²) in [7, 11) is 1.98. The Hall–Kier alpha value is -3.63. The van der Waals surface area contributed by atoms with Crippen molar-refractivity contribution in [3.05, 3.63) is 59.2 Å². The van der Waals surface area contributed by atoms with E-state index in [2.05, 4.69) is 52.7 Å². The Morgan fingerprint density at radius 2 is 1.95 bits per heavy atom. The highest BCUT2D eigenvalue weighted by Crippen LogP contribution is 2.47. The van der Waals surface area contributed by atoms with E-state index >= 15 is 0 Å². The van der Waals surface area contributed by atoms with Crippen LogP contribution in [0.15, 0.2) is 52.8 Å². The Kier molecular flexibility index (Phi) is 6.20. The lowest BCUT2D eigenvalue weighted by molar-refractivity contribution is -0.126. The van der Waals surface area contributed by atoms with E-state index in [0.29, 0.717) is 26.2 Å². The number of hydrogen-bond donors (Lipinski definition) is 0. The molecule has 2 fully saturated rings. The highest BCUT2D eigenvalue weighted by atomic mass is 32.2. The number of thioether (sulfide) groups is 1. The molecule has 0 N–H and O–H groups in total. The van der Waals surface area contributed by atoms with E-state index in [-0.39, 0.29) is 17.6 Å². The molecule has 4 aromatic rings. The lowest BCUT2D eigenvalue weighted by atomic mass is 9.95. The Bertz CT molecular complexity index is 1730. The number of hydrogen-bond acceptors (Lipinski definition) is 7. The van der Waals surface area contributed by atoms with Gasteiger partial charge in [-0.15, -0.1) is 11.8 Å². The second-order valence-corrected chi connectivity index (χ2v) is 12.1. The Morgan fingerprint density at radius 3 is 2.67 bits per heavy atom. The lowest BCUT2D eigenvalue weighted by Crippen LogP contribution is -2.49. The molecule has 0 spiro atoms. The van der Waals surface area contributed by atoms with E-state index in [4.69, 9.17) is 4.98 Å². The summed E-state index contributed by atoms with van der Waals surface area (Å²) in [5, 5.41) is 6.65. The summed E-state index contributed by atoms with van der Waals surface area (Å²) in [5.74, 6) is 1.50. The average Bonchev–Trinajstić information content (AvgIpc) is 3.33. The van der Waals surface area contributed by atoms with Crippen LogP contribution >= 0.6 is 11.8 Å². The second kappa shape index (κ2) is 9.78. The van der Waals surface area contributed by atoms with Gasteiger partial charge < -0.3 is 14.7 Å². The van der Waals surface area contributed by atoms with Gasteiger partial charge in [0.2, 0.25) is 5.91 Å². The van der Waals surface area contributed by atoms with E-state index in [1.165, 1.54) is 18.1 Å². The second-order valence-electron chi connectivity index (χ2n) is 11.0. The summed E-state index contributed by atoms with van der Waals surface area (Å²) in [6, 6.07) is 8.64. The predicted octanol–water partition coefficient (Wildman–Crippen LogP) is 3.45. The molecule has 1 unspecified atom stereocenters. The average molecular weight is 556 g/mol. The van der Waals surface area contributed by atoms with Crippen molar-refractivity contribution in [1.82, 2.24) is 29.1 Å². The SMILES string of the molecule is C=CC(=O)N1CCN(c2nc(=O)n3c4c(c(-c5cccc6cnn(C)c56)c(C)cc24)SCC3CN2CCC2)CC1. The fourth-order valence-corrected chi connectivity index (χ4v) is 7.87. The maximum Gasteiger partial charge on any atom is 0.350 e. The summed E-state index contributed by atoms with van der Waals surface area (Å²) in [5.41, 5.74) is 5.35. The summed E-state index contributed by atoms with van der Waals surface area (Å²) in [6.45, 7) is 11.2. The van der Waals surface area contributed by atoms with Gasteiger partial charge >= 0.3 is 5.69 Å². The van der Waals surface area contributed by atoms with Crippen molar-refractivity contribution in [1.29, 1.82) is 0 Å². The Labute approximate surface area is 237 Å². The number of nitrogens with zero attached hydrogens (tertiary/aromatic N) is 7. The summed E-state index contributed by atoms with van der Waals surface area (Å²) < 4.78 is 3.92. The summed E-state index contributed by atoms with van der Waals surface area (Å²) in [6.07, 6.45) is 4.49. The number of amides is 1. The van der Waals surface area contributed by atoms with Gasteiger partial charge in [-0.1, -0.05) is 24.8 Å². The standard InChI is InChI=1S/C30H33N7O2S/c1-4-24(38)35-11-13-36(14-12-35)29-23-15-19(2)25(22-8-5-7-20-16-31-33(3)26(20)22)28-27(23)37(30(39)32-29)21(18-40-28)17-34-9-6-10-34/h4-5,7-8,15-16,21H,1,6,9-14,17-18H2,2-3H3. The molecule has 206 valence electrons. The molecule has 0 aliphatic carbocycles. The molecule has 40 heavy (non-hydrogen) atoms. The molecule has 1 atom stereocenters. The third-order valence-corrected chi connectivity index (χ3v) is 9.88. The fraction of sp³-hybridized carbons (Fsp3) is 0.400. The van der Waals surface area contributed by atoms with Crippen LogP contribution in [-0.4, -0.2) is 86.6 Å². The molecular formula is C30H33N7O2S. The van der Waals surface area contributed by atoms with Gasteiger partial charge in [0.05, 0.1) is 23.3 Å². The van der Waals surface area contributed by atoms with Crippen molar-refractivity contribution in [3.8, 4) is 11.1 Å². The van der Waals surface area contributed by atoms with Gasteiger partial charge in [-0.3, -0.25) is 14.0 Å². The van der Waals surface area contributed by atoms with Crippen LogP contribution in [0.25, 0.3) is 32.9 Å². The van der Waals surface area contributed by atoms with Gasteiger partial charge in [0.1, 0.15) is 5.82 Å². The van der Waals surface area contributed by atoms with E-state index in [0.717, 1.165) is 69.0 Å². The smallest absolute Gasteiger partial charge is 0.350 e. The third kappa shape index (κ3) is 3.96. The molecule has 2 aromatic carbocycles. The number of rotatable bonds is 5. The first-order valence-electron chi connectivity index (χ1n) is 14.0. The van der Waals surface area contributed by atoms with Crippen LogP contribution in [0.1, 0.15) is 18.0 Å². The van der Waals surface area contributed by atoms with Crippen molar-refractivity contribution in [2.24, 2.45) is 7.05 Å². The molecule has 3 aliphatic rings. The van der Waals surface area contributed by atoms with Gasteiger partial charge in [0.25, 0.3) is 0 Å². The van der Waals surface area contributed by atoms with Crippen LogP contribution in [0.2, 0.25) is 0 Å². The number of piperazine rings is 1. The number of anilines is 1. The molecule has 3 aliphatic heterocycles. The van der Waals surface area contributed by atoms with Crippen molar-refractivity contribution < 1.29 is 4.79 Å². The van der Waals surface area contributed by atoms with Gasteiger partial charge in [-0.05, 0) is 44.1 Å². The van der Waals surface area contributed by atoms with Crippen molar-refractivity contribution in [3.63, 3.8) is 0 Å². The van der Waals surface area contributed by atoms with Crippen LogP contribution in [0.4, 0.5) is 5.82 Å². The van der Waals surface area contributed by atoms with Crippen LogP contribution < -0.4 is 10.6 Å². The molecule has 0 saturated carbocycles. The number of fused-ring (bicyclic) bond motifs is 1. The first kappa shape index (κ1) is 25.3. The highest BCUT2D eigenvalue weighted by molar-refractivity contribution is 7.99. The minimum Gasteiger partial charge on any atom is -0.352 e. The van der Waals surface area contributed by atoms with Crippen molar-refractivity contribution in [2.45, 2.75) is 24.3 Å². The minimum absolute atomic E-state index is 0.0559. The molecule has 1 amide bonds. The van der Waals surface area contributed by atoms with Gasteiger partial charge in [-0.25, -0.2) is 4.79 Å². The largest absolute Gasteiger partial charge is 0.352 e. The lowest BCUT2D eigenvalue weighted by Gasteiger charge is -2.38. The number of benzene rings is 2. The third-order valence-electron chi connectivity index (χ3n) is 8.64. The number of aromatic nitrogens is 4. The van der Waals surface area contributed by atoms with Crippen LogP contribution in [0, 0.1) is 6.92 Å². The molecule has 2 saturated heterocycles. The number of aryl methyl sites for hydroxylation is 2. The monoisotopic (exact) mass is 555 g/mol. The minimum atomic E-state index is -0.187. The van der Waals surface area contributed by atoms with E-state index in [1.54, 1.807) is 4.90 Å². The maximum absolute atomic E-state index is 13.9. The van der Waals surface area contributed by atoms with Crippen LogP contribution in [0.5, 0.6) is 0 Å². The van der Waals surface area contributed by atoms with E-state index < -0.39 is 0 Å². The molecule has 0 bridgehead atoms. The molecule has 9 nitrogen and oxygen atoms in total. The zero-order valence-electron chi connectivity index (χ0n) is 23.0. The molecule has 5 heterocycles. The first-order valence-corrected chi connectivity index (χ1v) is 15.0. The molecule has 2 aromatic heterocycles. The maximum atomic E-state index is 13.9. The van der Waals surface area contributed by atoms with Crippen molar-refractivity contribution in [2.75, 3.05) is 56.5 Å². The Balaban J connectivity index is 1.44. The normalized spacial score (nSPS) is 19.3. The predicted molar refractivity (Wildman–Crippen MR) is 160 cm³/mol. The molecule has 0 radical (unpaired) electrons. The number of carbonyl (C=O) groups excluding carboxylic acids is 1.